The summed E-state index contributed by atoms with van der Waals surface area (Å²) in [6, 6.07) is 34.2. The maximum Gasteiger partial charge on any atom is 0.0178 e. The second-order valence-corrected chi connectivity index (χ2v) is 14.8. The Morgan fingerprint density at radius 1 is 0.488 bits per heavy atom. The van der Waals surface area contributed by atoms with Crippen molar-refractivity contribution in [3.05, 3.63) is 102 Å². The highest BCUT2D eigenvalue weighted by Gasteiger charge is 2.34. The number of nitrogens with two attached hydrogens (primary N) is 2. The van der Waals surface area contributed by atoms with Crippen molar-refractivity contribution in [1.29, 1.82) is 0 Å². The minimum absolute atomic E-state index is 0.248. The molecule has 0 spiro atoms. The molecule has 212 valence electrons. The van der Waals surface area contributed by atoms with Crippen molar-refractivity contribution in [3.63, 3.8) is 0 Å². The molecule has 3 heteroatoms. The summed E-state index contributed by atoms with van der Waals surface area (Å²) < 4.78 is 0. The average molecular weight is 561 g/mol. The average Bonchev–Trinajstić information content (AvgIpc) is 3.06. The zero-order valence-electron chi connectivity index (χ0n) is 24.4. The quantitative estimate of drug-likeness (QED) is 0.211. The smallest absolute Gasteiger partial charge is 0.0178 e. The lowest BCUT2D eigenvalue weighted by atomic mass is 9.87. The molecule has 0 atom stereocenters. The molecule has 4 aromatic rings. The van der Waals surface area contributed by atoms with E-state index in [4.69, 9.17) is 11.5 Å². The van der Waals surface area contributed by atoms with Gasteiger partial charge in [0.2, 0.25) is 0 Å². The van der Waals surface area contributed by atoms with E-state index in [-0.39, 0.29) is 7.92 Å². The Labute approximate surface area is 248 Å². The Balaban J connectivity index is 1.56. The molecule has 2 nitrogen and oxygen atoms in total. The molecule has 2 fully saturated rings. The number of hydrogen-bond acceptors (Lipinski definition) is 2. The number of benzene rings is 4. The Morgan fingerprint density at radius 3 is 1.39 bits per heavy atom. The first-order valence-electron chi connectivity index (χ1n) is 15.9. The van der Waals surface area contributed by atoms with Crippen LogP contribution in [0.3, 0.4) is 0 Å². The van der Waals surface area contributed by atoms with E-state index in [0.29, 0.717) is 13.1 Å². The molecule has 0 aliphatic heterocycles. The maximum atomic E-state index is 5.97. The molecule has 0 bridgehead atoms. The van der Waals surface area contributed by atoms with Crippen molar-refractivity contribution in [2.75, 3.05) is 0 Å². The Kier molecular flexibility index (Phi) is 9.32. The summed E-state index contributed by atoms with van der Waals surface area (Å²) in [6.45, 7) is 1.13. The van der Waals surface area contributed by atoms with Gasteiger partial charge in [-0.3, -0.25) is 0 Å². The maximum absolute atomic E-state index is 5.97. The van der Waals surface area contributed by atoms with Crippen LogP contribution in [-0.4, -0.2) is 11.3 Å². The van der Waals surface area contributed by atoms with Crippen LogP contribution in [0.5, 0.6) is 0 Å². The van der Waals surface area contributed by atoms with Gasteiger partial charge in [0.05, 0.1) is 0 Å². The van der Waals surface area contributed by atoms with Crippen LogP contribution >= 0.6 is 7.92 Å². The van der Waals surface area contributed by atoms with Gasteiger partial charge in [-0.05, 0) is 86.8 Å². The van der Waals surface area contributed by atoms with Crippen molar-refractivity contribution in [1.82, 2.24) is 0 Å². The molecule has 2 aliphatic carbocycles. The van der Waals surface area contributed by atoms with E-state index < -0.39 is 0 Å². The Morgan fingerprint density at radius 2 is 0.927 bits per heavy atom. The van der Waals surface area contributed by atoms with Crippen molar-refractivity contribution in [3.8, 4) is 33.4 Å². The number of hydrogen-bond donors (Lipinski definition) is 2. The first kappa shape index (κ1) is 28.4. The molecule has 2 saturated carbocycles. The van der Waals surface area contributed by atoms with Crippen LogP contribution in [0.1, 0.15) is 75.3 Å². The van der Waals surface area contributed by atoms with Crippen LogP contribution in [0.2, 0.25) is 0 Å². The second-order valence-electron chi connectivity index (χ2n) is 12.0. The zero-order chi connectivity index (χ0) is 28.0. The third-order valence-electron chi connectivity index (χ3n) is 9.45. The predicted molar refractivity (Wildman–Crippen MR) is 179 cm³/mol. The van der Waals surface area contributed by atoms with Crippen LogP contribution in [0.25, 0.3) is 33.4 Å². The van der Waals surface area contributed by atoms with E-state index in [2.05, 4.69) is 91.0 Å². The molecule has 6 rings (SSSR count). The molecule has 0 saturated heterocycles. The summed E-state index contributed by atoms with van der Waals surface area (Å²) in [6.07, 6.45) is 14.1. The Bertz CT molecular complexity index is 1330. The molecule has 0 unspecified atom stereocenters. The fourth-order valence-electron chi connectivity index (χ4n) is 7.28. The predicted octanol–water partition coefficient (Wildman–Crippen LogP) is 9.38. The summed E-state index contributed by atoms with van der Waals surface area (Å²) in [7, 11) is -0.248. The molecular formula is C38H45N2P. The van der Waals surface area contributed by atoms with E-state index in [1.807, 2.05) is 0 Å². The van der Waals surface area contributed by atoms with Gasteiger partial charge in [-0.15, -0.1) is 0 Å². The topological polar surface area (TPSA) is 52.0 Å². The molecule has 0 heterocycles. The lowest BCUT2D eigenvalue weighted by Crippen LogP contribution is -2.27. The van der Waals surface area contributed by atoms with Crippen LogP contribution in [0.4, 0.5) is 0 Å². The lowest BCUT2D eigenvalue weighted by molar-refractivity contribution is 0.487. The fourth-order valence-corrected chi connectivity index (χ4v) is 11.2. The standard InChI is InChI=1S/C38H45N2P/c39-26-28-18-22-30(23-19-28)34-15-9-16-35(31-24-20-29(27-40)21-25-31)38(34)36-14-7-8-17-37(36)41(32-10-3-1-4-11-32)33-12-5-2-6-13-33/h7-9,14-25,32-33H,1-6,10-13,26-27,39-40H2. The molecule has 41 heavy (non-hydrogen) atoms. The molecule has 4 aromatic carbocycles. The monoisotopic (exact) mass is 560 g/mol. The summed E-state index contributed by atoms with van der Waals surface area (Å²) in [5.74, 6) is 0. The van der Waals surface area contributed by atoms with Crippen LogP contribution in [-0.2, 0) is 13.1 Å². The van der Waals surface area contributed by atoms with Gasteiger partial charge in [0.1, 0.15) is 0 Å². The zero-order valence-corrected chi connectivity index (χ0v) is 25.3. The summed E-state index contributed by atoms with van der Waals surface area (Å²) in [5, 5.41) is 1.65. The third-order valence-corrected chi connectivity index (χ3v) is 13.0. The first-order valence-corrected chi connectivity index (χ1v) is 17.3. The minimum Gasteiger partial charge on any atom is -0.326 e. The molecule has 4 N–H and O–H groups in total. The van der Waals surface area contributed by atoms with Crippen LogP contribution < -0.4 is 16.8 Å². The van der Waals surface area contributed by atoms with Crippen molar-refractivity contribution < 1.29 is 0 Å². The van der Waals surface area contributed by atoms with E-state index in [0.717, 1.165) is 11.3 Å². The normalized spacial score (nSPS) is 16.8. The van der Waals surface area contributed by atoms with Gasteiger partial charge >= 0.3 is 0 Å². The van der Waals surface area contributed by atoms with Gasteiger partial charge in [0.15, 0.2) is 0 Å². The minimum atomic E-state index is -0.248. The fraction of sp³-hybridized carbons (Fsp3) is 0.368. The molecule has 2 aliphatic rings. The van der Waals surface area contributed by atoms with Gasteiger partial charge in [0, 0.05) is 13.1 Å². The first-order chi connectivity index (χ1) is 20.3. The highest BCUT2D eigenvalue weighted by Crippen LogP contribution is 2.57. The van der Waals surface area contributed by atoms with Gasteiger partial charge in [-0.2, -0.15) is 0 Å². The third kappa shape index (κ3) is 6.21. The van der Waals surface area contributed by atoms with Crippen molar-refractivity contribution in [2.24, 2.45) is 11.5 Å². The van der Waals surface area contributed by atoms with Gasteiger partial charge < -0.3 is 11.5 Å². The SMILES string of the molecule is NCc1ccc(-c2cccc(-c3ccc(CN)cc3)c2-c2ccccc2P(C2CCCCC2)C2CCCCC2)cc1. The van der Waals surface area contributed by atoms with Crippen molar-refractivity contribution in [2.45, 2.75) is 88.6 Å². The van der Waals surface area contributed by atoms with Gasteiger partial charge in [0.25, 0.3) is 0 Å². The lowest BCUT2D eigenvalue weighted by Gasteiger charge is -2.40. The van der Waals surface area contributed by atoms with Gasteiger partial charge in [-0.25, -0.2) is 0 Å². The van der Waals surface area contributed by atoms with Crippen LogP contribution in [0, 0.1) is 0 Å². The largest absolute Gasteiger partial charge is 0.326 e. The molecular weight excluding hydrogens is 515 g/mol. The summed E-state index contributed by atoms with van der Waals surface area (Å²) in [5.41, 5.74) is 23.9. The van der Waals surface area contributed by atoms with E-state index >= 15 is 0 Å². The highest BCUT2D eigenvalue weighted by molar-refractivity contribution is 7.67. The highest BCUT2D eigenvalue weighted by atomic mass is 31.1. The van der Waals surface area contributed by atoms with Crippen molar-refractivity contribution >= 4 is 13.2 Å². The van der Waals surface area contributed by atoms with E-state index in [1.165, 1.54) is 109 Å². The second kappa shape index (κ2) is 13.5. The number of rotatable bonds is 8. The molecule has 0 amide bonds. The van der Waals surface area contributed by atoms with E-state index in [9.17, 15) is 0 Å². The summed E-state index contributed by atoms with van der Waals surface area (Å²) >= 11 is 0. The van der Waals surface area contributed by atoms with E-state index in [1.54, 1.807) is 5.30 Å². The molecule has 0 radical (unpaired) electrons. The van der Waals surface area contributed by atoms with Gasteiger partial charge in [-0.1, -0.05) is 137 Å². The summed E-state index contributed by atoms with van der Waals surface area (Å²) in [4.78, 5) is 0. The Hall–Kier alpha value is -2.77. The van der Waals surface area contributed by atoms with Crippen LogP contribution in [0.15, 0.2) is 91.0 Å². The molecule has 0 aromatic heterocycles.